The Bertz CT molecular complexity index is 1820. The number of aryl methyl sites for hydroxylation is 1. The molecular weight excluding hydrogens is 539 g/mol. The second-order valence-corrected chi connectivity index (χ2v) is 10.5. The van der Waals surface area contributed by atoms with Crippen LogP contribution in [0.4, 0.5) is 15.8 Å². The third-order valence-corrected chi connectivity index (χ3v) is 7.54. The van der Waals surface area contributed by atoms with Gasteiger partial charge in [0.05, 0.1) is 47.5 Å². The van der Waals surface area contributed by atoms with E-state index in [1.807, 2.05) is 36.4 Å². The number of hydrogen-bond donors (Lipinski definition) is 2. The number of nitrogens with zero attached hydrogens (tertiary/aromatic N) is 6. The van der Waals surface area contributed by atoms with Gasteiger partial charge in [-0.05, 0) is 49.9 Å². The minimum absolute atomic E-state index is 0.0695. The van der Waals surface area contributed by atoms with Crippen molar-refractivity contribution in [2.75, 3.05) is 10.6 Å². The van der Waals surface area contributed by atoms with E-state index in [0.717, 1.165) is 24.8 Å². The van der Waals surface area contributed by atoms with Gasteiger partial charge in [0.25, 0.3) is 0 Å². The van der Waals surface area contributed by atoms with Crippen LogP contribution in [0.15, 0.2) is 67.0 Å². The predicted octanol–water partition coefficient (Wildman–Crippen LogP) is 7.29. The van der Waals surface area contributed by atoms with Crippen molar-refractivity contribution in [3.8, 4) is 6.07 Å². The van der Waals surface area contributed by atoms with Crippen molar-refractivity contribution in [1.29, 1.82) is 5.26 Å². The fourth-order valence-corrected chi connectivity index (χ4v) is 5.24. The summed E-state index contributed by atoms with van der Waals surface area (Å²) < 4.78 is 25.4. The van der Waals surface area contributed by atoms with E-state index in [-0.39, 0.29) is 12.1 Å². The summed E-state index contributed by atoms with van der Waals surface area (Å²) in [6.45, 7) is 3.73. The molecule has 1 aliphatic rings. The highest BCUT2D eigenvalue weighted by Crippen LogP contribution is 2.38. The molecule has 0 radical (unpaired) electrons. The molecule has 1 saturated carbocycles. The highest BCUT2D eigenvalue weighted by Gasteiger charge is 2.28. The van der Waals surface area contributed by atoms with E-state index in [1.165, 1.54) is 18.3 Å². The molecule has 2 aromatic carbocycles. The number of fused-ring (bicyclic) bond motifs is 1. The Balaban J connectivity index is 1.48. The lowest BCUT2D eigenvalue weighted by molar-refractivity contribution is 0.577. The smallest absolute Gasteiger partial charge is 0.213 e. The monoisotopic (exact) mass is 567 g/mol. The van der Waals surface area contributed by atoms with Gasteiger partial charge in [0.2, 0.25) is 5.95 Å². The molecule has 0 saturated heterocycles. The number of hydrogen-bond acceptors (Lipinski definition) is 7. The molecule has 5 aromatic rings. The first-order chi connectivity index (χ1) is 20.3. The minimum atomic E-state index is -1.68. The van der Waals surface area contributed by atoms with Crippen LogP contribution in [0.3, 0.4) is 0 Å². The maximum absolute atomic E-state index is 14.0. The van der Waals surface area contributed by atoms with Crippen molar-refractivity contribution in [1.82, 2.24) is 25.0 Å². The van der Waals surface area contributed by atoms with E-state index in [2.05, 4.69) is 43.9 Å². The molecule has 1 aliphatic carbocycles. The summed E-state index contributed by atoms with van der Waals surface area (Å²) in [6.07, 6.45) is 6.04. The maximum Gasteiger partial charge on any atom is 0.213 e. The number of anilines is 2. The summed E-state index contributed by atoms with van der Waals surface area (Å²) in [7, 11) is 0. The third kappa shape index (κ3) is 5.43. The van der Waals surface area contributed by atoms with Crippen LogP contribution in [0.2, 0.25) is 5.02 Å². The Hall–Kier alpha value is -4.55. The zero-order chi connectivity index (χ0) is 29.4. The molecule has 8 nitrogen and oxygen atoms in total. The van der Waals surface area contributed by atoms with Gasteiger partial charge in [0.1, 0.15) is 11.8 Å². The Morgan fingerprint density at radius 3 is 2.71 bits per heavy atom. The molecular formula is C31H28ClFN8. The van der Waals surface area contributed by atoms with Gasteiger partial charge >= 0.3 is 0 Å². The summed E-state index contributed by atoms with van der Waals surface area (Å²) in [5.74, 6) is -0.635. The third-order valence-electron chi connectivity index (χ3n) is 7.25. The zero-order valence-corrected chi connectivity index (χ0v) is 23.3. The standard InChI is InChI=1S/C31H28ClFN8/c1-3-26(19-7-5-4-6-8-19)38-29-20(15-34)16-35-30-24(29)13-21(14-25(30)32)37-31(23-11-12-28(33)36-18(23)2)27-17-41(40-39-27)22-9-10-22/h4-8,11-14,16-17,22,26,31,37H,3,9-10H2,1-2H3,(H,35,38)/i31D. The average Bonchev–Trinajstić information content (AvgIpc) is 3.71. The molecule has 41 heavy (non-hydrogen) atoms. The van der Waals surface area contributed by atoms with Gasteiger partial charge in [0.15, 0.2) is 0 Å². The molecule has 0 bridgehead atoms. The highest BCUT2D eigenvalue weighted by atomic mass is 35.5. The van der Waals surface area contributed by atoms with Gasteiger partial charge < -0.3 is 10.6 Å². The number of halogens is 2. The molecule has 2 unspecified atom stereocenters. The van der Waals surface area contributed by atoms with Gasteiger partial charge in [0, 0.05) is 28.5 Å². The lowest BCUT2D eigenvalue weighted by Crippen LogP contribution is -2.16. The first kappa shape index (κ1) is 25.4. The van der Waals surface area contributed by atoms with E-state index in [0.29, 0.717) is 49.8 Å². The van der Waals surface area contributed by atoms with Crippen LogP contribution in [0.1, 0.15) is 73.7 Å². The Kier molecular flexibility index (Phi) is 6.91. The predicted molar refractivity (Wildman–Crippen MR) is 157 cm³/mol. The lowest BCUT2D eigenvalue weighted by Gasteiger charge is -2.23. The van der Waals surface area contributed by atoms with Crippen LogP contribution in [0, 0.1) is 24.2 Å². The quantitative estimate of drug-likeness (QED) is 0.180. The summed E-state index contributed by atoms with van der Waals surface area (Å²) >= 11 is 6.78. The van der Waals surface area contributed by atoms with Crippen molar-refractivity contribution >= 4 is 33.9 Å². The van der Waals surface area contributed by atoms with Crippen molar-refractivity contribution in [3.63, 3.8) is 0 Å². The molecule has 3 aromatic heterocycles. The SMILES string of the molecule is [2H]C(Nc1cc(Cl)c2ncc(C#N)c(NC(CC)c3ccccc3)c2c1)(c1cn(C2CC2)nn1)c1ccc(F)nc1C. The number of pyridine rings is 2. The van der Waals surface area contributed by atoms with Crippen LogP contribution in [0.5, 0.6) is 0 Å². The normalized spacial score (nSPS) is 15.5. The molecule has 2 atom stereocenters. The summed E-state index contributed by atoms with van der Waals surface area (Å²) in [6, 6.07) is 17.0. The number of nitrogens with one attached hydrogen (secondary N) is 2. The van der Waals surface area contributed by atoms with Crippen LogP contribution < -0.4 is 10.6 Å². The Labute approximate surface area is 243 Å². The molecule has 3 heterocycles. The molecule has 0 spiro atoms. The maximum atomic E-state index is 14.0. The molecule has 0 aliphatic heterocycles. The first-order valence-corrected chi connectivity index (χ1v) is 13.9. The average molecular weight is 568 g/mol. The first-order valence-electron chi connectivity index (χ1n) is 14.0. The van der Waals surface area contributed by atoms with Gasteiger partial charge in [-0.2, -0.15) is 9.65 Å². The van der Waals surface area contributed by atoms with Gasteiger partial charge in [-0.15, -0.1) is 5.10 Å². The van der Waals surface area contributed by atoms with Crippen molar-refractivity contribution in [3.05, 3.63) is 106 Å². The molecule has 2 N–H and O–H groups in total. The number of rotatable bonds is 9. The fourth-order valence-electron chi connectivity index (χ4n) is 4.97. The highest BCUT2D eigenvalue weighted by molar-refractivity contribution is 6.35. The minimum Gasteiger partial charge on any atom is -0.377 e. The number of benzene rings is 2. The molecule has 0 amide bonds. The number of aromatic nitrogens is 5. The van der Waals surface area contributed by atoms with Gasteiger partial charge in [-0.3, -0.25) is 4.98 Å². The lowest BCUT2D eigenvalue weighted by atomic mass is 10.0. The van der Waals surface area contributed by atoms with E-state index in [4.69, 9.17) is 11.6 Å². The Morgan fingerprint density at radius 1 is 1.20 bits per heavy atom. The van der Waals surface area contributed by atoms with E-state index in [1.54, 1.807) is 23.9 Å². The van der Waals surface area contributed by atoms with Crippen molar-refractivity contribution < 1.29 is 5.76 Å². The molecule has 206 valence electrons. The van der Waals surface area contributed by atoms with Crippen molar-refractivity contribution in [2.24, 2.45) is 0 Å². The second kappa shape index (κ2) is 11.1. The number of nitriles is 1. The largest absolute Gasteiger partial charge is 0.377 e. The second-order valence-electron chi connectivity index (χ2n) is 10.1. The van der Waals surface area contributed by atoms with Crippen LogP contribution >= 0.6 is 11.6 Å². The van der Waals surface area contributed by atoms with E-state index >= 15 is 0 Å². The van der Waals surface area contributed by atoms with Crippen LogP contribution in [-0.4, -0.2) is 25.0 Å². The van der Waals surface area contributed by atoms with Crippen LogP contribution in [-0.2, 0) is 0 Å². The van der Waals surface area contributed by atoms with E-state index < -0.39 is 12.0 Å². The topological polar surface area (TPSA) is 104 Å². The molecule has 6 rings (SSSR count). The zero-order valence-electron chi connectivity index (χ0n) is 23.6. The Morgan fingerprint density at radius 2 is 2.00 bits per heavy atom. The fraction of sp³-hybridized carbons (Fsp3) is 0.258. The van der Waals surface area contributed by atoms with Crippen LogP contribution in [0.25, 0.3) is 10.9 Å². The van der Waals surface area contributed by atoms with Gasteiger partial charge in [-0.25, -0.2) is 9.67 Å². The summed E-state index contributed by atoms with van der Waals surface area (Å²) in [5.41, 5.74) is 4.14. The van der Waals surface area contributed by atoms with Crippen molar-refractivity contribution in [2.45, 2.75) is 51.2 Å². The summed E-state index contributed by atoms with van der Waals surface area (Å²) in [5, 5.41) is 26.4. The summed E-state index contributed by atoms with van der Waals surface area (Å²) in [4.78, 5) is 8.45. The molecule has 1 fully saturated rings. The molecule has 10 heteroatoms. The van der Waals surface area contributed by atoms with E-state index in [9.17, 15) is 11.0 Å². The van der Waals surface area contributed by atoms with Gasteiger partial charge in [-0.1, -0.05) is 60.1 Å².